The van der Waals surface area contributed by atoms with Gasteiger partial charge in [0.1, 0.15) is 0 Å². The van der Waals surface area contributed by atoms with Crippen LogP contribution in [0.5, 0.6) is 0 Å². The molecular weight excluding hydrogens is 350 g/mol. The minimum Gasteiger partial charge on any atom is -0.355 e. The van der Waals surface area contributed by atoms with Gasteiger partial charge in [-0.05, 0) is 44.6 Å². The second-order valence-electron chi connectivity index (χ2n) is 7.34. The molecule has 1 aromatic rings. The van der Waals surface area contributed by atoms with Crippen molar-refractivity contribution in [3.05, 3.63) is 35.4 Å². The molecule has 6 nitrogen and oxygen atoms in total. The first kappa shape index (κ1) is 19.3. The van der Waals surface area contributed by atoms with Gasteiger partial charge < -0.3 is 5.32 Å². The van der Waals surface area contributed by atoms with Crippen LogP contribution >= 0.6 is 0 Å². The van der Waals surface area contributed by atoms with E-state index in [4.69, 9.17) is 0 Å². The second kappa shape index (κ2) is 8.50. The monoisotopic (exact) mass is 379 g/mol. The fourth-order valence-electron chi connectivity index (χ4n) is 3.68. The molecule has 0 aliphatic carbocycles. The number of benzene rings is 1. The van der Waals surface area contributed by atoms with Crippen molar-refractivity contribution < 1.29 is 13.2 Å². The van der Waals surface area contributed by atoms with E-state index < -0.39 is 10.2 Å². The molecule has 1 atom stereocenters. The van der Waals surface area contributed by atoms with Crippen molar-refractivity contribution in [3.63, 3.8) is 0 Å². The maximum absolute atomic E-state index is 12.7. The van der Waals surface area contributed by atoms with Crippen LogP contribution < -0.4 is 5.32 Å². The highest BCUT2D eigenvalue weighted by molar-refractivity contribution is 7.86. The van der Waals surface area contributed by atoms with E-state index in [-0.39, 0.29) is 11.8 Å². The predicted molar refractivity (Wildman–Crippen MR) is 102 cm³/mol. The topological polar surface area (TPSA) is 69.7 Å². The Kier molecular flexibility index (Phi) is 6.32. The Morgan fingerprint density at radius 2 is 1.73 bits per heavy atom. The summed E-state index contributed by atoms with van der Waals surface area (Å²) < 4.78 is 28.5. The molecule has 2 heterocycles. The Balaban J connectivity index is 1.50. The van der Waals surface area contributed by atoms with E-state index in [1.165, 1.54) is 15.4 Å². The summed E-state index contributed by atoms with van der Waals surface area (Å²) in [7, 11) is -3.41. The van der Waals surface area contributed by atoms with Crippen molar-refractivity contribution in [2.75, 3.05) is 32.7 Å². The van der Waals surface area contributed by atoms with Gasteiger partial charge in [-0.2, -0.15) is 17.0 Å². The average Bonchev–Trinajstić information content (AvgIpc) is 3.19. The van der Waals surface area contributed by atoms with Crippen LogP contribution in [0.3, 0.4) is 0 Å². The lowest BCUT2D eigenvalue weighted by Gasteiger charge is -2.33. The maximum atomic E-state index is 12.7. The molecule has 2 saturated heterocycles. The Hall–Kier alpha value is -1.44. The molecule has 26 heavy (non-hydrogen) atoms. The highest BCUT2D eigenvalue weighted by Gasteiger charge is 2.36. The fraction of sp³-hybridized carbons (Fsp3) is 0.632. The summed E-state index contributed by atoms with van der Waals surface area (Å²) in [6.45, 7) is 4.66. The predicted octanol–water partition coefficient (Wildman–Crippen LogP) is 1.71. The minimum atomic E-state index is -3.41. The Labute approximate surface area is 156 Å². The highest BCUT2D eigenvalue weighted by Crippen LogP contribution is 2.23. The molecular formula is C19H29N3O3S. The Morgan fingerprint density at radius 1 is 1.08 bits per heavy atom. The zero-order valence-electron chi connectivity index (χ0n) is 15.5. The molecule has 3 rings (SSSR count). The van der Waals surface area contributed by atoms with Gasteiger partial charge in [0, 0.05) is 32.7 Å². The molecule has 0 radical (unpaired) electrons. The number of hydrogen-bond donors (Lipinski definition) is 1. The molecule has 7 heteroatoms. The van der Waals surface area contributed by atoms with Gasteiger partial charge in [0.25, 0.3) is 10.2 Å². The summed E-state index contributed by atoms with van der Waals surface area (Å²) in [4.78, 5) is 12.5. The van der Waals surface area contributed by atoms with E-state index in [2.05, 4.69) is 36.5 Å². The zero-order chi connectivity index (χ0) is 18.6. The van der Waals surface area contributed by atoms with E-state index in [1.54, 1.807) is 4.31 Å². The standard InChI is InChI=1S/C19H29N3O3S/c1-16-6-8-17(9-7-16)10-11-20-19(23)18-5-4-14-22(15-18)26(24,25)21-12-2-3-13-21/h6-9,18H,2-5,10-15H2,1H3,(H,20,23). The minimum absolute atomic E-state index is 0.0292. The van der Waals surface area contributed by atoms with Crippen LogP contribution in [0.2, 0.25) is 0 Å². The van der Waals surface area contributed by atoms with Crippen molar-refractivity contribution in [3.8, 4) is 0 Å². The van der Waals surface area contributed by atoms with Crippen LogP contribution in [0.25, 0.3) is 0 Å². The molecule has 1 unspecified atom stereocenters. The number of carbonyl (C=O) groups is 1. The summed E-state index contributed by atoms with van der Waals surface area (Å²) >= 11 is 0. The van der Waals surface area contributed by atoms with Gasteiger partial charge in [-0.15, -0.1) is 0 Å². The first-order valence-corrected chi connectivity index (χ1v) is 10.9. The lowest BCUT2D eigenvalue weighted by molar-refractivity contribution is -0.126. The molecule has 2 aliphatic heterocycles. The van der Waals surface area contributed by atoms with Crippen LogP contribution in [-0.2, 0) is 21.4 Å². The van der Waals surface area contributed by atoms with Gasteiger partial charge in [0.15, 0.2) is 0 Å². The normalized spacial score (nSPS) is 22.4. The van der Waals surface area contributed by atoms with Crippen molar-refractivity contribution >= 4 is 16.1 Å². The largest absolute Gasteiger partial charge is 0.355 e. The fourth-order valence-corrected chi connectivity index (χ4v) is 5.45. The summed E-state index contributed by atoms with van der Waals surface area (Å²) in [5, 5.41) is 2.98. The van der Waals surface area contributed by atoms with Gasteiger partial charge in [-0.1, -0.05) is 29.8 Å². The molecule has 2 fully saturated rings. The average molecular weight is 380 g/mol. The first-order valence-electron chi connectivity index (χ1n) is 9.55. The molecule has 2 aliphatic rings. The third-order valence-corrected chi connectivity index (χ3v) is 7.31. The summed E-state index contributed by atoms with van der Waals surface area (Å²) in [6.07, 6.45) is 4.13. The van der Waals surface area contributed by atoms with E-state index in [9.17, 15) is 13.2 Å². The summed E-state index contributed by atoms with van der Waals surface area (Å²) in [5.74, 6) is -0.280. The third-order valence-electron chi connectivity index (χ3n) is 5.31. The van der Waals surface area contributed by atoms with Gasteiger partial charge in [0.05, 0.1) is 5.92 Å². The molecule has 1 amide bonds. The molecule has 0 saturated carbocycles. The van der Waals surface area contributed by atoms with Crippen molar-refractivity contribution in [1.82, 2.24) is 13.9 Å². The third kappa shape index (κ3) is 4.64. The van der Waals surface area contributed by atoms with E-state index in [1.807, 2.05) is 0 Å². The van der Waals surface area contributed by atoms with Crippen LogP contribution in [0.4, 0.5) is 0 Å². The van der Waals surface area contributed by atoms with Gasteiger partial charge in [0.2, 0.25) is 5.91 Å². The molecule has 0 spiro atoms. The van der Waals surface area contributed by atoms with Crippen molar-refractivity contribution in [2.45, 2.75) is 39.0 Å². The summed E-state index contributed by atoms with van der Waals surface area (Å²) in [6, 6.07) is 8.29. The van der Waals surface area contributed by atoms with Gasteiger partial charge >= 0.3 is 0 Å². The number of rotatable bonds is 6. The summed E-state index contributed by atoms with van der Waals surface area (Å²) in [5.41, 5.74) is 2.41. The number of nitrogens with one attached hydrogen (secondary N) is 1. The number of nitrogens with zero attached hydrogens (tertiary/aromatic N) is 2. The van der Waals surface area contributed by atoms with Crippen LogP contribution in [0.1, 0.15) is 36.8 Å². The van der Waals surface area contributed by atoms with E-state index >= 15 is 0 Å². The Bertz CT molecular complexity index is 712. The molecule has 0 aromatic heterocycles. The number of hydrogen-bond acceptors (Lipinski definition) is 3. The molecule has 1 aromatic carbocycles. The second-order valence-corrected chi connectivity index (χ2v) is 9.27. The van der Waals surface area contributed by atoms with E-state index in [0.717, 1.165) is 32.1 Å². The quantitative estimate of drug-likeness (QED) is 0.818. The number of aryl methyl sites for hydroxylation is 1. The number of carbonyl (C=O) groups excluding carboxylic acids is 1. The van der Waals surface area contributed by atoms with Crippen LogP contribution in [0.15, 0.2) is 24.3 Å². The van der Waals surface area contributed by atoms with Crippen LogP contribution in [-0.4, -0.2) is 55.7 Å². The Morgan fingerprint density at radius 3 is 2.42 bits per heavy atom. The highest BCUT2D eigenvalue weighted by atomic mass is 32.2. The smallest absolute Gasteiger partial charge is 0.281 e. The molecule has 144 valence electrons. The number of piperidine rings is 1. The van der Waals surface area contributed by atoms with Gasteiger partial charge in [-0.3, -0.25) is 4.79 Å². The first-order chi connectivity index (χ1) is 12.5. The van der Waals surface area contributed by atoms with Crippen LogP contribution in [0, 0.1) is 12.8 Å². The molecule has 1 N–H and O–H groups in total. The SMILES string of the molecule is Cc1ccc(CCNC(=O)C2CCCN(S(=O)(=O)N3CCCC3)C2)cc1. The lowest BCUT2D eigenvalue weighted by atomic mass is 9.98. The lowest BCUT2D eigenvalue weighted by Crippen LogP contribution is -2.50. The molecule has 0 bridgehead atoms. The van der Waals surface area contributed by atoms with Crippen molar-refractivity contribution in [2.24, 2.45) is 5.92 Å². The van der Waals surface area contributed by atoms with E-state index in [0.29, 0.717) is 32.7 Å². The zero-order valence-corrected chi connectivity index (χ0v) is 16.3. The number of amides is 1. The van der Waals surface area contributed by atoms with Crippen molar-refractivity contribution in [1.29, 1.82) is 0 Å². The maximum Gasteiger partial charge on any atom is 0.281 e. The van der Waals surface area contributed by atoms with Gasteiger partial charge in [-0.25, -0.2) is 0 Å².